The Morgan fingerprint density at radius 2 is 2.26 bits per heavy atom. The van der Waals surface area contributed by atoms with Crippen molar-refractivity contribution in [3.63, 3.8) is 0 Å². The van der Waals surface area contributed by atoms with Crippen LogP contribution in [0.5, 0.6) is 0 Å². The number of ether oxygens (including phenoxy) is 1. The number of hydrogen-bond donors (Lipinski definition) is 3. The minimum absolute atomic E-state index is 0.0930. The third-order valence-corrected chi connectivity index (χ3v) is 4.50. The van der Waals surface area contributed by atoms with E-state index in [1.165, 1.54) is 0 Å². The summed E-state index contributed by atoms with van der Waals surface area (Å²) in [6.07, 6.45) is 4.74. The molecule has 9 heteroatoms. The number of nitrogens with zero attached hydrogens (tertiary/aromatic N) is 2. The summed E-state index contributed by atoms with van der Waals surface area (Å²) < 4.78 is 10.4. The molecule has 146 valence electrons. The quantitative estimate of drug-likeness (QED) is 0.684. The predicted molar refractivity (Wildman–Crippen MR) is 97.3 cm³/mol. The highest BCUT2D eigenvalue weighted by Gasteiger charge is 2.28. The fourth-order valence-electron chi connectivity index (χ4n) is 3.24. The zero-order valence-corrected chi connectivity index (χ0v) is 15.6. The molecule has 0 spiro atoms. The maximum Gasteiger partial charge on any atom is 0.407 e. The highest BCUT2D eigenvalue weighted by Crippen LogP contribution is 2.34. The first-order chi connectivity index (χ1) is 13.0. The molecular formula is C18H25N5O4. The summed E-state index contributed by atoms with van der Waals surface area (Å²) in [7, 11) is 0. The largest absolute Gasteiger partial charge is 0.450 e. The van der Waals surface area contributed by atoms with E-state index in [0.717, 1.165) is 31.4 Å². The van der Waals surface area contributed by atoms with Crippen LogP contribution >= 0.6 is 0 Å². The first-order valence-corrected chi connectivity index (χ1v) is 9.23. The number of nitrogens with one attached hydrogen (secondary N) is 3. The third kappa shape index (κ3) is 5.32. The summed E-state index contributed by atoms with van der Waals surface area (Å²) in [6, 6.07) is 1.93. The SMILES string of the molecule is CCCOC(=O)N[C@H]1CC[C@@H](c2cc(NC(=O)Cc3cnc(C)o3)n[nH]2)C1. The molecule has 2 aromatic rings. The van der Waals surface area contributed by atoms with Crippen LogP contribution in [0, 0.1) is 6.92 Å². The van der Waals surface area contributed by atoms with Crippen molar-refractivity contribution in [2.24, 2.45) is 0 Å². The molecule has 0 saturated heterocycles. The summed E-state index contributed by atoms with van der Waals surface area (Å²) in [4.78, 5) is 27.7. The molecule has 1 aliphatic rings. The molecule has 9 nitrogen and oxygen atoms in total. The molecule has 2 amide bonds. The number of alkyl carbamates (subject to hydrolysis) is 1. The lowest BCUT2D eigenvalue weighted by molar-refractivity contribution is -0.115. The second kappa shape index (κ2) is 8.70. The molecule has 0 aliphatic heterocycles. The Hall–Kier alpha value is -2.84. The molecule has 1 aliphatic carbocycles. The summed E-state index contributed by atoms with van der Waals surface area (Å²) in [5.41, 5.74) is 0.951. The van der Waals surface area contributed by atoms with Crippen molar-refractivity contribution in [1.29, 1.82) is 0 Å². The standard InChI is InChI=1S/C18H25N5O4/c1-3-6-26-18(25)20-13-5-4-12(7-13)15-9-16(23-22-15)21-17(24)8-14-10-19-11(2)27-14/h9-10,12-13H,3-8H2,1-2H3,(H,20,25)(H2,21,22,23,24)/t12-,13+/m1/s1. The van der Waals surface area contributed by atoms with Crippen molar-refractivity contribution in [1.82, 2.24) is 20.5 Å². The van der Waals surface area contributed by atoms with Crippen LogP contribution < -0.4 is 10.6 Å². The fraction of sp³-hybridized carbons (Fsp3) is 0.556. The van der Waals surface area contributed by atoms with Crippen LogP contribution in [-0.4, -0.2) is 39.8 Å². The Balaban J connectivity index is 1.47. The van der Waals surface area contributed by atoms with E-state index in [1.807, 2.05) is 13.0 Å². The van der Waals surface area contributed by atoms with E-state index in [9.17, 15) is 9.59 Å². The van der Waals surface area contributed by atoms with Gasteiger partial charge in [0.25, 0.3) is 0 Å². The summed E-state index contributed by atoms with van der Waals surface area (Å²) in [5.74, 6) is 1.57. The fourth-order valence-corrected chi connectivity index (χ4v) is 3.24. The lowest BCUT2D eigenvalue weighted by Gasteiger charge is -2.12. The maximum atomic E-state index is 12.1. The van der Waals surface area contributed by atoms with Gasteiger partial charge in [0.15, 0.2) is 11.7 Å². The second-order valence-corrected chi connectivity index (χ2v) is 6.77. The lowest BCUT2D eigenvalue weighted by Crippen LogP contribution is -2.33. The van der Waals surface area contributed by atoms with Crippen molar-refractivity contribution >= 4 is 17.8 Å². The Kier molecular flexibility index (Phi) is 6.10. The molecule has 2 atom stereocenters. The number of hydrogen-bond acceptors (Lipinski definition) is 6. The number of carbonyl (C=O) groups is 2. The molecule has 0 bridgehead atoms. The second-order valence-electron chi connectivity index (χ2n) is 6.77. The van der Waals surface area contributed by atoms with Gasteiger partial charge in [-0.15, -0.1) is 0 Å². The van der Waals surface area contributed by atoms with Crippen molar-refractivity contribution < 1.29 is 18.7 Å². The molecule has 0 aromatic carbocycles. The maximum absolute atomic E-state index is 12.1. The van der Waals surface area contributed by atoms with Crippen molar-refractivity contribution in [2.45, 2.75) is 57.9 Å². The molecule has 3 N–H and O–H groups in total. The number of rotatable bonds is 7. The number of H-pyrrole nitrogens is 1. The van der Waals surface area contributed by atoms with Crippen LogP contribution in [0.2, 0.25) is 0 Å². The van der Waals surface area contributed by atoms with Gasteiger partial charge in [-0.1, -0.05) is 6.92 Å². The Labute approximate surface area is 157 Å². The molecule has 2 heterocycles. The topological polar surface area (TPSA) is 122 Å². The average Bonchev–Trinajstić information content (AvgIpc) is 3.35. The minimum Gasteiger partial charge on any atom is -0.450 e. The van der Waals surface area contributed by atoms with E-state index in [1.54, 1.807) is 13.1 Å². The van der Waals surface area contributed by atoms with Gasteiger partial charge in [-0.3, -0.25) is 9.89 Å². The zero-order valence-electron chi connectivity index (χ0n) is 15.6. The normalized spacial score (nSPS) is 19.0. The first-order valence-electron chi connectivity index (χ1n) is 9.23. The molecule has 2 aromatic heterocycles. The van der Waals surface area contributed by atoms with Crippen LogP contribution in [0.25, 0.3) is 0 Å². The lowest BCUT2D eigenvalue weighted by atomic mass is 10.0. The van der Waals surface area contributed by atoms with Crippen molar-refractivity contribution in [2.75, 3.05) is 11.9 Å². The average molecular weight is 375 g/mol. The third-order valence-electron chi connectivity index (χ3n) is 4.50. The van der Waals surface area contributed by atoms with E-state index in [-0.39, 0.29) is 30.4 Å². The Morgan fingerprint density at radius 1 is 1.41 bits per heavy atom. The molecule has 3 rings (SSSR count). The Bertz CT molecular complexity index is 784. The van der Waals surface area contributed by atoms with Gasteiger partial charge in [0, 0.05) is 30.6 Å². The van der Waals surface area contributed by atoms with Gasteiger partial charge in [0.1, 0.15) is 5.76 Å². The van der Waals surface area contributed by atoms with E-state index >= 15 is 0 Å². The summed E-state index contributed by atoms with van der Waals surface area (Å²) >= 11 is 0. The molecule has 0 unspecified atom stereocenters. The smallest absolute Gasteiger partial charge is 0.407 e. The number of amides is 2. The number of aryl methyl sites for hydroxylation is 1. The monoisotopic (exact) mass is 375 g/mol. The first kappa shape index (κ1) is 18.9. The number of anilines is 1. The van der Waals surface area contributed by atoms with Crippen LogP contribution in [0.4, 0.5) is 10.6 Å². The highest BCUT2D eigenvalue weighted by molar-refractivity contribution is 5.91. The van der Waals surface area contributed by atoms with Gasteiger partial charge < -0.3 is 19.8 Å². The van der Waals surface area contributed by atoms with E-state index < -0.39 is 0 Å². The van der Waals surface area contributed by atoms with Gasteiger partial charge in [-0.25, -0.2) is 9.78 Å². The number of aromatic nitrogens is 3. The number of aromatic amines is 1. The molecular weight excluding hydrogens is 350 g/mol. The number of oxazole rings is 1. The van der Waals surface area contributed by atoms with Crippen LogP contribution in [0.15, 0.2) is 16.7 Å². The molecule has 1 fully saturated rings. The van der Waals surface area contributed by atoms with Crippen LogP contribution in [-0.2, 0) is 16.0 Å². The van der Waals surface area contributed by atoms with E-state index in [2.05, 4.69) is 25.8 Å². The van der Waals surface area contributed by atoms with Gasteiger partial charge in [-0.05, 0) is 25.7 Å². The predicted octanol–water partition coefficient (Wildman–Crippen LogP) is 2.66. The van der Waals surface area contributed by atoms with Gasteiger partial charge >= 0.3 is 6.09 Å². The summed E-state index contributed by atoms with van der Waals surface area (Å²) in [6.45, 7) is 4.12. The highest BCUT2D eigenvalue weighted by atomic mass is 16.5. The van der Waals surface area contributed by atoms with E-state index in [4.69, 9.17) is 9.15 Å². The molecule has 1 saturated carbocycles. The minimum atomic E-state index is -0.359. The van der Waals surface area contributed by atoms with Gasteiger partial charge in [-0.2, -0.15) is 5.10 Å². The van der Waals surface area contributed by atoms with E-state index in [0.29, 0.717) is 24.1 Å². The van der Waals surface area contributed by atoms with Crippen LogP contribution in [0.1, 0.15) is 55.9 Å². The summed E-state index contributed by atoms with van der Waals surface area (Å²) in [5, 5.41) is 12.8. The number of carbonyl (C=O) groups excluding carboxylic acids is 2. The van der Waals surface area contributed by atoms with Crippen molar-refractivity contribution in [3.8, 4) is 0 Å². The Morgan fingerprint density at radius 3 is 3.00 bits per heavy atom. The molecule has 0 radical (unpaired) electrons. The zero-order chi connectivity index (χ0) is 19.2. The van der Waals surface area contributed by atoms with Gasteiger partial charge in [0.2, 0.25) is 5.91 Å². The molecule has 27 heavy (non-hydrogen) atoms. The van der Waals surface area contributed by atoms with Crippen LogP contribution in [0.3, 0.4) is 0 Å². The van der Waals surface area contributed by atoms with Crippen molar-refractivity contribution in [3.05, 3.63) is 29.6 Å². The van der Waals surface area contributed by atoms with Gasteiger partial charge in [0.05, 0.1) is 19.2 Å².